The Bertz CT molecular complexity index is 457. The first-order valence-electron chi connectivity index (χ1n) is 7.92. The van der Waals surface area contributed by atoms with Crippen LogP contribution in [-0.4, -0.2) is 24.4 Å². The molecule has 1 aromatic carbocycles. The lowest BCUT2D eigenvalue weighted by molar-refractivity contribution is 0.104. The van der Waals surface area contributed by atoms with Crippen molar-refractivity contribution in [2.45, 2.75) is 52.0 Å². The molecule has 0 atom stereocenters. The second kappa shape index (κ2) is 6.27. The van der Waals surface area contributed by atoms with E-state index in [1.807, 2.05) is 24.3 Å². The van der Waals surface area contributed by atoms with E-state index in [0.717, 1.165) is 43.0 Å². The molecule has 0 bridgehead atoms. The van der Waals surface area contributed by atoms with Crippen molar-refractivity contribution in [2.24, 2.45) is 11.3 Å². The van der Waals surface area contributed by atoms with E-state index in [1.54, 1.807) is 7.11 Å². The van der Waals surface area contributed by atoms with Gasteiger partial charge in [-0.3, -0.25) is 0 Å². The number of methoxy groups -OCH3 is 1. The number of hydrogen-bond donors (Lipinski definition) is 2. The second-order valence-electron chi connectivity index (χ2n) is 7.40. The van der Waals surface area contributed by atoms with Crippen molar-refractivity contribution in [3.05, 3.63) is 24.3 Å². The molecule has 21 heavy (non-hydrogen) atoms. The molecule has 3 heteroatoms. The third-order valence-corrected chi connectivity index (χ3v) is 4.98. The normalized spacial score (nSPS) is 26.4. The lowest BCUT2D eigenvalue weighted by Gasteiger charge is -2.44. The van der Waals surface area contributed by atoms with Crippen molar-refractivity contribution in [1.29, 1.82) is 0 Å². The Hall–Kier alpha value is -1.22. The van der Waals surface area contributed by atoms with Crippen LogP contribution in [0.25, 0.3) is 0 Å². The first-order chi connectivity index (χ1) is 9.90. The average molecular weight is 291 g/mol. The number of ether oxygens (including phenoxy) is 1. The summed E-state index contributed by atoms with van der Waals surface area (Å²) in [6.45, 7) is 7.12. The van der Waals surface area contributed by atoms with Gasteiger partial charge in [-0.15, -0.1) is 0 Å². The maximum Gasteiger partial charge on any atom is 0.141 e. The quantitative estimate of drug-likeness (QED) is 0.878. The molecule has 1 aromatic rings. The van der Waals surface area contributed by atoms with Crippen LogP contribution >= 0.6 is 0 Å². The Morgan fingerprint density at radius 2 is 1.86 bits per heavy atom. The Labute approximate surface area is 128 Å². The maximum atomic E-state index is 9.95. The minimum Gasteiger partial charge on any atom is -0.495 e. The van der Waals surface area contributed by atoms with E-state index < -0.39 is 0 Å². The fourth-order valence-electron chi connectivity index (χ4n) is 3.39. The van der Waals surface area contributed by atoms with Crippen molar-refractivity contribution in [3.63, 3.8) is 0 Å². The van der Waals surface area contributed by atoms with Gasteiger partial charge in [0, 0.05) is 0 Å². The zero-order valence-corrected chi connectivity index (χ0v) is 13.8. The molecule has 2 rings (SSSR count). The molecule has 1 aliphatic carbocycles. The summed E-state index contributed by atoms with van der Waals surface area (Å²) in [7, 11) is 1.68. The van der Waals surface area contributed by atoms with Crippen LogP contribution in [0, 0.1) is 11.3 Å². The summed E-state index contributed by atoms with van der Waals surface area (Å²) < 4.78 is 5.41. The summed E-state index contributed by atoms with van der Waals surface area (Å²) in [5, 5.41) is 13.5. The molecule has 0 heterocycles. The van der Waals surface area contributed by atoms with Crippen molar-refractivity contribution < 1.29 is 9.84 Å². The summed E-state index contributed by atoms with van der Waals surface area (Å²) in [4.78, 5) is 0. The Morgan fingerprint density at radius 1 is 1.24 bits per heavy atom. The highest BCUT2D eigenvalue weighted by molar-refractivity contribution is 5.57. The third kappa shape index (κ3) is 3.70. The van der Waals surface area contributed by atoms with Gasteiger partial charge in [-0.1, -0.05) is 32.9 Å². The van der Waals surface area contributed by atoms with Crippen LogP contribution in [0.3, 0.4) is 0 Å². The number of nitrogens with one attached hydrogen (secondary N) is 1. The molecular formula is C18H29NO2. The highest BCUT2D eigenvalue weighted by Crippen LogP contribution is 2.43. The maximum absolute atomic E-state index is 9.95. The topological polar surface area (TPSA) is 41.5 Å². The predicted molar refractivity (Wildman–Crippen MR) is 87.8 cm³/mol. The average Bonchev–Trinajstić information content (AvgIpc) is 2.47. The van der Waals surface area contributed by atoms with Crippen molar-refractivity contribution in [1.82, 2.24) is 0 Å². The molecule has 0 saturated heterocycles. The molecular weight excluding hydrogens is 262 g/mol. The van der Waals surface area contributed by atoms with Gasteiger partial charge in [0.05, 0.1) is 24.9 Å². The molecule has 1 aliphatic rings. The Morgan fingerprint density at radius 3 is 2.38 bits per heavy atom. The lowest BCUT2D eigenvalue weighted by atomic mass is 9.67. The summed E-state index contributed by atoms with van der Waals surface area (Å²) in [5.41, 5.74) is 1.12. The molecule has 0 radical (unpaired) electrons. The highest BCUT2D eigenvalue weighted by atomic mass is 16.5. The minimum absolute atomic E-state index is 0.169. The van der Waals surface area contributed by atoms with Crippen LogP contribution in [0.15, 0.2) is 24.3 Å². The van der Waals surface area contributed by atoms with Crippen LogP contribution in [0.4, 0.5) is 5.69 Å². The number of aliphatic hydroxyl groups excluding tert-OH is 1. The van der Waals surface area contributed by atoms with E-state index in [-0.39, 0.29) is 12.1 Å². The van der Waals surface area contributed by atoms with Gasteiger partial charge in [-0.25, -0.2) is 0 Å². The fraction of sp³-hybridized carbons (Fsp3) is 0.667. The molecule has 0 aromatic heterocycles. The zero-order valence-electron chi connectivity index (χ0n) is 13.8. The van der Waals surface area contributed by atoms with E-state index in [2.05, 4.69) is 26.1 Å². The standard InChI is InChI=1S/C18H29NO2/c1-17(2,3)14-9-11-18(13-20,12-10-14)19-15-7-5-6-8-16(15)21-4/h5-8,14,19-20H,9-13H2,1-4H3. The van der Waals surface area contributed by atoms with Gasteiger partial charge >= 0.3 is 0 Å². The summed E-state index contributed by atoms with van der Waals surface area (Å²) in [6.07, 6.45) is 4.32. The molecule has 1 fully saturated rings. The SMILES string of the molecule is COc1ccccc1NC1(CO)CCC(C(C)(C)C)CC1. The highest BCUT2D eigenvalue weighted by Gasteiger charge is 2.38. The van der Waals surface area contributed by atoms with E-state index in [1.165, 1.54) is 0 Å². The minimum atomic E-state index is -0.212. The van der Waals surface area contributed by atoms with Gasteiger partial charge in [-0.05, 0) is 49.1 Å². The molecule has 3 nitrogen and oxygen atoms in total. The van der Waals surface area contributed by atoms with E-state index in [4.69, 9.17) is 4.74 Å². The number of benzene rings is 1. The molecule has 1 saturated carbocycles. The van der Waals surface area contributed by atoms with Crippen LogP contribution in [0.2, 0.25) is 0 Å². The molecule has 2 N–H and O–H groups in total. The lowest BCUT2D eigenvalue weighted by Crippen LogP contribution is -2.46. The zero-order chi connectivity index (χ0) is 15.5. The van der Waals surface area contributed by atoms with Gasteiger partial charge in [0.15, 0.2) is 0 Å². The summed E-state index contributed by atoms with van der Waals surface area (Å²) in [6, 6.07) is 7.93. The largest absolute Gasteiger partial charge is 0.495 e. The Balaban J connectivity index is 2.10. The van der Waals surface area contributed by atoms with Gasteiger partial charge in [0.2, 0.25) is 0 Å². The van der Waals surface area contributed by atoms with E-state index in [0.29, 0.717) is 5.41 Å². The first-order valence-corrected chi connectivity index (χ1v) is 7.92. The van der Waals surface area contributed by atoms with Crippen molar-refractivity contribution in [2.75, 3.05) is 19.0 Å². The summed E-state index contributed by atoms with van der Waals surface area (Å²) in [5.74, 6) is 1.57. The van der Waals surface area contributed by atoms with Gasteiger partial charge in [-0.2, -0.15) is 0 Å². The van der Waals surface area contributed by atoms with Crippen LogP contribution in [0.1, 0.15) is 46.5 Å². The van der Waals surface area contributed by atoms with Crippen LogP contribution < -0.4 is 10.1 Å². The van der Waals surface area contributed by atoms with Crippen molar-refractivity contribution >= 4 is 5.69 Å². The first kappa shape index (κ1) is 16.2. The monoisotopic (exact) mass is 291 g/mol. The van der Waals surface area contributed by atoms with Crippen LogP contribution in [-0.2, 0) is 0 Å². The number of aliphatic hydroxyl groups is 1. The summed E-state index contributed by atoms with van der Waals surface area (Å²) >= 11 is 0. The molecule has 0 aliphatic heterocycles. The number of para-hydroxylation sites is 2. The van der Waals surface area contributed by atoms with Crippen molar-refractivity contribution in [3.8, 4) is 5.75 Å². The van der Waals surface area contributed by atoms with E-state index >= 15 is 0 Å². The Kier molecular flexibility index (Phi) is 4.82. The molecule has 0 spiro atoms. The van der Waals surface area contributed by atoms with Crippen LogP contribution in [0.5, 0.6) is 5.75 Å². The number of anilines is 1. The number of hydrogen-bond acceptors (Lipinski definition) is 3. The number of rotatable bonds is 4. The van der Waals surface area contributed by atoms with E-state index in [9.17, 15) is 5.11 Å². The molecule has 0 amide bonds. The fourth-order valence-corrected chi connectivity index (χ4v) is 3.39. The van der Waals surface area contributed by atoms with Gasteiger partial charge < -0.3 is 15.2 Å². The van der Waals surface area contributed by atoms with Gasteiger partial charge in [0.1, 0.15) is 5.75 Å². The third-order valence-electron chi connectivity index (χ3n) is 4.98. The second-order valence-corrected chi connectivity index (χ2v) is 7.40. The smallest absolute Gasteiger partial charge is 0.141 e. The molecule has 0 unspecified atom stereocenters. The predicted octanol–water partition coefficient (Wildman–Crippen LogP) is 4.07. The van der Waals surface area contributed by atoms with Gasteiger partial charge in [0.25, 0.3) is 0 Å². The molecule has 118 valence electrons.